The predicted molar refractivity (Wildman–Crippen MR) is 140 cm³/mol. The molecule has 0 aliphatic rings. The number of carboxylic acid groups (broad SMARTS) is 1. The summed E-state index contributed by atoms with van der Waals surface area (Å²) in [7, 11) is -4.01. The second-order valence-electron chi connectivity index (χ2n) is 8.66. The van der Waals surface area contributed by atoms with E-state index in [0.29, 0.717) is 13.0 Å². The minimum Gasteiger partial charge on any atom is -0.481 e. The highest BCUT2D eigenvalue weighted by Crippen LogP contribution is 2.28. The molecule has 0 aliphatic heterocycles. The first-order chi connectivity index (χ1) is 16.7. The van der Waals surface area contributed by atoms with Crippen LogP contribution in [0, 0.1) is 11.7 Å². The second kappa shape index (κ2) is 14.7. The maximum Gasteiger partial charge on any atom is 0.309 e. The van der Waals surface area contributed by atoms with Crippen molar-refractivity contribution in [3.63, 3.8) is 0 Å². The molecular weight excluding hydrogens is 535 g/mol. The van der Waals surface area contributed by atoms with Crippen LogP contribution in [0.15, 0.2) is 57.9 Å². The van der Waals surface area contributed by atoms with Crippen LogP contribution < -0.4 is 5.32 Å². The topological polar surface area (TPSA) is 86.7 Å². The van der Waals surface area contributed by atoms with Crippen LogP contribution in [0.1, 0.15) is 64.0 Å². The van der Waals surface area contributed by atoms with Gasteiger partial charge in [-0.2, -0.15) is 4.31 Å². The van der Waals surface area contributed by atoms with Gasteiger partial charge in [0, 0.05) is 23.6 Å². The van der Waals surface area contributed by atoms with Crippen LogP contribution in [0.5, 0.6) is 0 Å². The number of carboxylic acids is 1. The summed E-state index contributed by atoms with van der Waals surface area (Å²) in [5.41, 5.74) is 0.782. The Morgan fingerprint density at radius 2 is 1.60 bits per heavy atom. The fourth-order valence-corrected chi connectivity index (χ4v) is 5.71. The van der Waals surface area contributed by atoms with Crippen molar-refractivity contribution in [2.45, 2.75) is 63.3 Å². The Hall–Kier alpha value is -1.81. The van der Waals surface area contributed by atoms with E-state index in [-0.39, 0.29) is 18.0 Å². The lowest BCUT2D eigenvalue weighted by Crippen LogP contribution is -2.44. The standard InChI is InChI=1S/C26H36BrFN2O4S/c1-3-5-7-17-29-25(20-9-11-21(27)12-10-20)24(26(31)32)19-30(18-8-6-4-2)35(33,34)23-15-13-22(28)14-16-23/h9-16,24-25,29H,3-8,17-19H2,1-2H3,(H,31,32). The lowest BCUT2D eigenvalue weighted by atomic mass is 9.92. The number of halogens is 2. The summed E-state index contributed by atoms with van der Waals surface area (Å²) in [6.45, 7) is 4.74. The maximum absolute atomic E-state index is 13.5. The molecule has 2 aromatic carbocycles. The minimum absolute atomic E-state index is 0.0457. The molecule has 0 amide bonds. The Labute approximate surface area is 217 Å². The summed E-state index contributed by atoms with van der Waals surface area (Å²) in [5.74, 6) is -2.62. The average Bonchev–Trinajstić information content (AvgIpc) is 2.83. The van der Waals surface area contributed by atoms with Gasteiger partial charge in [-0.1, -0.05) is 67.6 Å². The zero-order chi connectivity index (χ0) is 25.8. The molecule has 2 rings (SSSR count). The largest absolute Gasteiger partial charge is 0.481 e. The molecule has 0 heterocycles. The molecule has 2 aromatic rings. The summed E-state index contributed by atoms with van der Waals surface area (Å²) in [6, 6.07) is 11.5. The van der Waals surface area contributed by atoms with E-state index in [2.05, 4.69) is 28.2 Å². The molecule has 0 aliphatic carbocycles. The predicted octanol–water partition coefficient (Wildman–Crippen LogP) is 5.99. The van der Waals surface area contributed by atoms with E-state index in [1.807, 2.05) is 31.2 Å². The Morgan fingerprint density at radius 3 is 2.17 bits per heavy atom. The van der Waals surface area contributed by atoms with Gasteiger partial charge in [-0.3, -0.25) is 4.79 Å². The summed E-state index contributed by atoms with van der Waals surface area (Å²) in [4.78, 5) is 12.5. The molecule has 35 heavy (non-hydrogen) atoms. The molecule has 194 valence electrons. The second-order valence-corrected chi connectivity index (χ2v) is 11.5. The van der Waals surface area contributed by atoms with Crippen molar-refractivity contribution in [3.8, 4) is 0 Å². The fourth-order valence-electron chi connectivity index (χ4n) is 3.94. The Bertz CT molecular complexity index is 1020. The minimum atomic E-state index is -4.01. The molecule has 2 unspecified atom stereocenters. The number of nitrogens with zero attached hydrogens (tertiary/aromatic N) is 1. The molecule has 0 fully saturated rings. The third kappa shape index (κ3) is 8.97. The van der Waals surface area contributed by atoms with Gasteiger partial charge in [0.05, 0.1) is 10.8 Å². The van der Waals surface area contributed by atoms with Crippen molar-refractivity contribution in [1.29, 1.82) is 0 Å². The molecule has 9 heteroatoms. The number of aliphatic carboxylic acids is 1. The summed E-state index contributed by atoms with van der Waals surface area (Å²) in [6.07, 6.45) is 5.26. The molecule has 2 N–H and O–H groups in total. The van der Waals surface area contributed by atoms with Crippen LogP contribution >= 0.6 is 15.9 Å². The van der Waals surface area contributed by atoms with Crippen molar-refractivity contribution in [2.24, 2.45) is 5.92 Å². The highest BCUT2D eigenvalue weighted by atomic mass is 79.9. The van der Waals surface area contributed by atoms with Crippen LogP contribution in [0.4, 0.5) is 4.39 Å². The molecule has 0 saturated heterocycles. The van der Waals surface area contributed by atoms with Crippen molar-refractivity contribution in [1.82, 2.24) is 9.62 Å². The quantitative estimate of drug-likeness (QED) is 0.242. The van der Waals surface area contributed by atoms with E-state index in [9.17, 15) is 22.7 Å². The van der Waals surface area contributed by atoms with Gasteiger partial charge in [0.25, 0.3) is 0 Å². The lowest BCUT2D eigenvalue weighted by Gasteiger charge is -2.31. The molecule has 0 bridgehead atoms. The first-order valence-corrected chi connectivity index (χ1v) is 14.4. The van der Waals surface area contributed by atoms with Gasteiger partial charge in [0.1, 0.15) is 5.82 Å². The van der Waals surface area contributed by atoms with Crippen molar-refractivity contribution in [3.05, 3.63) is 64.4 Å². The van der Waals surface area contributed by atoms with Crippen LogP contribution in [0.25, 0.3) is 0 Å². The van der Waals surface area contributed by atoms with Gasteiger partial charge >= 0.3 is 5.97 Å². The number of hydrogen-bond donors (Lipinski definition) is 2. The van der Waals surface area contributed by atoms with Gasteiger partial charge in [-0.05, 0) is 61.3 Å². The zero-order valence-electron chi connectivity index (χ0n) is 20.4. The first-order valence-electron chi connectivity index (χ1n) is 12.2. The van der Waals surface area contributed by atoms with E-state index >= 15 is 0 Å². The van der Waals surface area contributed by atoms with E-state index in [4.69, 9.17) is 0 Å². The number of rotatable bonds is 16. The number of sulfonamides is 1. The first kappa shape index (κ1) is 29.4. The third-order valence-electron chi connectivity index (χ3n) is 5.96. The molecule has 0 saturated carbocycles. The molecule has 6 nitrogen and oxygen atoms in total. The van der Waals surface area contributed by atoms with Crippen LogP contribution in [-0.2, 0) is 14.8 Å². The fraction of sp³-hybridized carbons (Fsp3) is 0.500. The van der Waals surface area contributed by atoms with Crippen LogP contribution in [0.2, 0.25) is 0 Å². The molecule has 0 spiro atoms. The molecule has 2 atom stereocenters. The number of hydrogen-bond acceptors (Lipinski definition) is 4. The Balaban J connectivity index is 2.41. The molecular formula is C26H36BrFN2O4S. The number of carbonyl (C=O) groups is 1. The van der Waals surface area contributed by atoms with Gasteiger partial charge in [0.15, 0.2) is 0 Å². The SMILES string of the molecule is CCCCCNC(c1ccc(Br)cc1)C(CN(CCCCC)S(=O)(=O)c1ccc(F)cc1)C(=O)O. The normalized spacial score (nSPS) is 13.6. The summed E-state index contributed by atoms with van der Waals surface area (Å²) < 4.78 is 42.5. The van der Waals surface area contributed by atoms with Crippen LogP contribution in [0.3, 0.4) is 0 Å². The van der Waals surface area contributed by atoms with Crippen molar-refractivity contribution < 1.29 is 22.7 Å². The van der Waals surface area contributed by atoms with E-state index in [1.165, 1.54) is 16.4 Å². The van der Waals surface area contributed by atoms with E-state index in [0.717, 1.165) is 54.3 Å². The van der Waals surface area contributed by atoms with Gasteiger partial charge < -0.3 is 10.4 Å². The number of benzene rings is 2. The van der Waals surface area contributed by atoms with Crippen LogP contribution in [-0.4, -0.2) is 43.4 Å². The number of nitrogens with one attached hydrogen (secondary N) is 1. The zero-order valence-corrected chi connectivity index (χ0v) is 22.8. The lowest BCUT2D eigenvalue weighted by molar-refractivity contribution is -0.143. The Morgan fingerprint density at radius 1 is 1.00 bits per heavy atom. The van der Waals surface area contributed by atoms with Gasteiger partial charge in [-0.25, -0.2) is 12.8 Å². The van der Waals surface area contributed by atoms with Gasteiger partial charge in [0.2, 0.25) is 10.0 Å². The summed E-state index contributed by atoms with van der Waals surface area (Å²) >= 11 is 3.42. The third-order valence-corrected chi connectivity index (χ3v) is 8.36. The number of unbranched alkanes of at least 4 members (excludes halogenated alkanes) is 4. The van der Waals surface area contributed by atoms with Crippen molar-refractivity contribution in [2.75, 3.05) is 19.6 Å². The highest BCUT2D eigenvalue weighted by molar-refractivity contribution is 9.10. The Kier molecular flexibility index (Phi) is 12.3. The molecule has 0 radical (unpaired) electrons. The van der Waals surface area contributed by atoms with Gasteiger partial charge in [-0.15, -0.1) is 0 Å². The molecule has 0 aromatic heterocycles. The monoisotopic (exact) mass is 570 g/mol. The highest BCUT2D eigenvalue weighted by Gasteiger charge is 2.35. The summed E-state index contributed by atoms with van der Waals surface area (Å²) in [5, 5.41) is 13.6. The van der Waals surface area contributed by atoms with Crippen molar-refractivity contribution >= 4 is 31.9 Å². The average molecular weight is 572 g/mol. The smallest absolute Gasteiger partial charge is 0.309 e. The van der Waals surface area contributed by atoms with E-state index < -0.39 is 33.8 Å². The maximum atomic E-state index is 13.5. The van der Waals surface area contributed by atoms with E-state index in [1.54, 1.807) is 0 Å².